The molecule has 0 aliphatic carbocycles. The first-order valence-electron chi connectivity index (χ1n) is 5.75. The van der Waals surface area contributed by atoms with Crippen LogP contribution >= 0.6 is 0 Å². The van der Waals surface area contributed by atoms with E-state index in [9.17, 15) is 0 Å². The zero-order valence-electron chi connectivity index (χ0n) is 9.97. The summed E-state index contributed by atoms with van der Waals surface area (Å²) in [5.41, 5.74) is 2.13. The fourth-order valence-electron chi connectivity index (χ4n) is 1.85. The van der Waals surface area contributed by atoms with E-state index >= 15 is 0 Å². The van der Waals surface area contributed by atoms with E-state index in [1.165, 1.54) is 0 Å². The molecule has 0 bridgehead atoms. The molecule has 2 rings (SSSR count). The van der Waals surface area contributed by atoms with Gasteiger partial charge in [0.05, 0.1) is 25.9 Å². The lowest BCUT2D eigenvalue weighted by atomic mass is 10.1. The molecule has 1 heterocycles. The molecule has 18 heavy (non-hydrogen) atoms. The summed E-state index contributed by atoms with van der Waals surface area (Å²) >= 11 is 0. The van der Waals surface area contributed by atoms with Crippen LogP contribution in [-0.4, -0.2) is 26.3 Å². The van der Waals surface area contributed by atoms with E-state index in [0.29, 0.717) is 0 Å². The maximum Gasteiger partial charge on any atom is 0.262 e. The van der Waals surface area contributed by atoms with Gasteiger partial charge < -0.3 is 9.64 Å². The lowest BCUT2D eigenvalue weighted by Crippen LogP contribution is -2.36. The van der Waals surface area contributed by atoms with E-state index in [0.717, 1.165) is 37.6 Å². The molecule has 1 saturated heterocycles. The van der Waals surface area contributed by atoms with Gasteiger partial charge in [0, 0.05) is 18.8 Å². The molecule has 0 amide bonds. The zero-order valence-corrected chi connectivity index (χ0v) is 9.97. The summed E-state index contributed by atoms with van der Waals surface area (Å²) in [4.78, 5) is 5.40. The lowest BCUT2D eigenvalue weighted by Gasteiger charge is -2.28. The summed E-state index contributed by atoms with van der Waals surface area (Å²) in [5.74, 6) is 0. The highest BCUT2D eigenvalue weighted by molar-refractivity contribution is 5.61. The Morgan fingerprint density at radius 3 is 2.56 bits per heavy atom. The Balaban J connectivity index is 2.13. The SMILES string of the molecule is [C-]#[N+]C(C#N)=Cc1ccc(N2CCOCC2)cc1. The Hall–Kier alpha value is -2.30. The Kier molecular flexibility index (Phi) is 3.96. The highest BCUT2D eigenvalue weighted by Gasteiger charge is 2.10. The molecule has 1 aliphatic heterocycles. The van der Waals surface area contributed by atoms with E-state index in [1.54, 1.807) is 6.08 Å². The smallest absolute Gasteiger partial charge is 0.262 e. The second-order valence-electron chi connectivity index (χ2n) is 3.94. The van der Waals surface area contributed by atoms with Crippen LogP contribution in [0.5, 0.6) is 0 Å². The van der Waals surface area contributed by atoms with Crippen molar-refractivity contribution >= 4 is 11.8 Å². The quantitative estimate of drug-likeness (QED) is 0.587. The molecule has 0 aromatic heterocycles. The number of hydrogen-bond acceptors (Lipinski definition) is 3. The molecule has 1 aromatic carbocycles. The first-order chi connectivity index (χ1) is 8.83. The summed E-state index contributed by atoms with van der Waals surface area (Å²) in [7, 11) is 0. The first kappa shape index (κ1) is 12.2. The summed E-state index contributed by atoms with van der Waals surface area (Å²) in [5, 5.41) is 8.69. The van der Waals surface area contributed by atoms with Crippen molar-refractivity contribution in [1.29, 1.82) is 5.26 Å². The molecule has 0 radical (unpaired) electrons. The Morgan fingerprint density at radius 2 is 2.00 bits per heavy atom. The molecule has 0 spiro atoms. The van der Waals surface area contributed by atoms with Crippen molar-refractivity contribution in [3.63, 3.8) is 0 Å². The number of ether oxygens (including phenoxy) is 1. The van der Waals surface area contributed by atoms with Crippen LogP contribution in [0.3, 0.4) is 0 Å². The number of rotatable bonds is 2. The van der Waals surface area contributed by atoms with Crippen LogP contribution in [0.25, 0.3) is 10.9 Å². The van der Waals surface area contributed by atoms with Gasteiger partial charge in [-0.2, -0.15) is 0 Å². The fourth-order valence-corrected chi connectivity index (χ4v) is 1.85. The molecule has 1 aliphatic rings. The number of benzene rings is 1. The second kappa shape index (κ2) is 5.86. The topological polar surface area (TPSA) is 40.6 Å². The van der Waals surface area contributed by atoms with Crippen molar-refractivity contribution in [3.8, 4) is 6.07 Å². The molecule has 0 unspecified atom stereocenters. The van der Waals surface area contributed by atoms with Crippen molar-refractivity contribution < 1.29 is 4.74 Å². The molecular formula is C14H13N3O. The molecule has 90 valence electrons. The third-order valence-electron chi connectivity index (χ3n) is 2.81. The standard InChI is InChI=1S/C14H13N3O/c1-16-13(11-15)10-12-2-4-14(5-3-12)17-6-8-18-9-7-17/h2-5,10H,6-9H2. The maximum absolute atomic E-state index is 8.69. The van der Waals surface area contributed by atoms with Crippen LogP contribution in [0.4, 0.5) is 5.69 Å². The number of allylic oxidation sites excluding steroid dienone is 1. The molecule has 1 aromatic rings. The van der Waals surface area contributed by atoms with Gasteiger partial charge in [0.15, 0.2) is 0 Å². The third kappa shape index (κ3) is 2.88. The molecule has 4 heteroatoms. The highest BCUT2D eigenvalue weighted by Crippen LogP contribution is 2.18. The van der Waals surface area contributed by atoms with Crippen LogP contribution in [-0.2, 0) is 4.74 Å². The molecule has 0 saturated carbocycles. The summed E-state index contributed by atoms with van der Waals surface area (Å²) in [6, 6.07) is 9.73. The largest absolute Gasteiger partial charge is 0.378 e. The van der Waals surface area contributed by atoms with Gasteiger partial charge in [0.2, 0.25) is 0 Å². The van der Waals surface area contributed by atoms with Gasteiger partial charge >= 0.3 is 0 Å². The van der Waals surface area contributed by atoms with Crippen LogP contribution < -0.4 is 4.90 Å². The minimum atomic E-state index is 0.106. The van der Waals surface area contributed by atoms with E-state index < -0.39 is 0 Å². The molecular weight excluding hydrogens is 226 g/mol. The molecule has 4 nitrogen and oxygen atoms in total. The first-order valence-corrected chi connectivity index (χ1v) is 5.75. The van der Waals surface area contributed by atoms with Crippen molar-refractivity contribution in [1.82, 2.24) is 0 Å². The number of nitrogens with zero attached hydrogens (tertiary/aromatic N) is 3. The zero-order chi connectivity index (χ0) is 12.8. The molecule has 0 atom stereocenters. The van der Waals surface area contributed by atoms with Gasteiger partial charge in [-0.3, -0.25) is 0 Å². The van der Waals surface area contributed by atoms with Crippen molar-refractivity contribution in [2.45, 2.75) is 0 Å². The number of nitriles is 1. The Bertz CT molecular complexity index is 497. The van der Waals surface area contributed by atoms with Crippen molar-refractivity contribution in [3.05, 3.63) is 46.9 Å². The van der Waals surface area contributed by atoms with Gasteiger partial charge in [-0.15, -0.1) is 0 Å². The average Bonchev–Trinajstić information content (AvgIpc) is 2.46. The second-order valence-corrected chi connectivity index (χ2v) is 3.94. The highest BCUT2D eigenvalue weighted by atomic mass is 16.5. The lowest BCUT2D eigenvalue weighted by molar-refractivity contribution is 0.122. The van der Waals surface area contributed by atoms with Gasteiger partial charge in [-0.05, 0) is 23.8 Å². The number of anilines is 1. The Labute approximate surface area is 107 Å². The van der Waals surface area contributed by atoms with Crippen LogP contribution in [0.15, 0.2) is 30.0 Å². The minimum absolute atomic E-state index is 0.106. The molecule has 1 fully saturated rings. The van der Waals surface area contributed by atoms with Crippen molar-refractivity contribution in [2.75, 3.05) is 31.2 Å². The van der Waals surface area contributed by atoms with Gasteiger partial charge in [0.25, 0.3) is 5.70 Å². The van der Waals surface area contributed by atoms with E-state index in [2.05, 4.69) is 9.74 Å². The van der Waals surface area contributed by atoms with Crippen LogP contribution in [0.1, 0.15) is 5.56 Å². The van der Waals surface area contributed by atoms with Gasteiger partial charge in [-0.1, -0.05) is 12.1 Å². The minimum Gasteiger partial charge on any atom is -0.378 e. The molecule has 0 N–H and O–H groups in total. The third-order valence-corrected chi connectivity index (χ3v) is 2.81. The summed E-state index contributed by atoms with van der Waals surface area (Å²) < 4.78 is 5.31. The number of hydrogen-bond donors (Lipinski definition) is 0. The monoisotopic (exact) mass is 239 g/mol. The predicted octanol–water partition coefficient (Wildman–Crippen LogP) is 2.31. The van der Waals surface area contributed by atoms with E-state index in [4.69, 9.17) is 16.6 Å². The fraction of sp³-hybridized carbons (Fsp3) is 0.286. The summed E-state index contributed by atoms with van der Waals surface area (Å²) in [6.07, 6.45) is 1.59. The van der Waals surface area contributed by atoms with Gasteiger partial charge in [0.1, 0.15) is 0 Å². The van der Waals surface area contributed by atoms with Crippen molar-refractivity contribution in [2.24, 2.45) is 0 Å². The normalized spacial score (nSPS) is 15.9. The van der Waals surface area contributed by atoms with E-state index in [-0.39, 0.29) is 5.70 Å². The predicted molar refractivity (Wildman–Crippen MR) is 69.7 cm³/mol. The van der Waals surface area contributed by atoms with Crippen LogP contribution in [0, 0.1) is 17.9 Å². The van der Waals surface area contributed by atoms with Crippen LogP contribution in [0.2, 0.25) is 0 Å². The summed E-state index contributed by atoms with van der Waals surface area (Å²) in [6.45, 7) is 10.2. The van der Waals surface area contributed by atoms with Gasteiger partial charge in [-0.25, -0.2) is 10.1 Å². The number of morpholine rings is 1. The Morgan fingerprint density at radius 1 is 1.33 bits per heavy atom. The maximum atomic E-state index is 8.69. The van der Waals surface area contributed by atoms with E-state index in [1.807, 2.05) is 30.3 Å². The average molecular weight is 239 g/mol.